The Balaban J connectivity index is 2.12. The quantitative estimate of drug-likeness (QED) is 0.597. The molecule has 1 aromatic rings. The van der Waals surface area contributed by atoms with E-state index in [9.17, 15) is 13.6 Å². The molecule has 27 heavy (non-hydrogen) atoms. The third-order valence-corrected chi connectivity index (χ3v) is 4.62. The summed E-state index contributed by atoms with van der Waals surface area (Å²) >= 11 is 0. The molecule has 0 amide bonds. The average molecular weight is 376 g/mol. The van der Waals surface area contributed by atoms with E-state index in [0.29, 0.717) is 23.3 Å². The second-order valence-electron chi connectivity index (χ2n) is 6.95. The summed E-state index contributed by atoms with van der Waals surface area (Å²) in [7, 11) is 0. The van der Waals surface area contributed by atoms with Crippen molar-refractivity contribution in [3.8, 4) is 5.75 Å². The molecule has 0 unspecified atom stereocenters. The number of carboxylic acids is 1. The smallest absolute Gasteiger partial charge is 0.303 e. The number of alkyl halides is 2. The Labute approximate surface area is 159 Å². The molecule has 0 radical (unpaired) electrons. The molecule has 0 spiro atoms. The second-order valence-corrected chi connectivity index (χ2v) is 6.95. The lowest BCUT2D eigenvalue weighted by Crippen LogP contribution is -2.12. The van der Waals surface area contributed by atoms with Gasteiger partial charge in [-0.3, -0.25) is 4.79 Å². The number of carbonyl (C=O) groups is 1. The molecule has 1 aliphatic rings. The van der Waals surface area contributed by atoms with E-state index < -0.39 is 11.9 Å². The lowest BCUT2D eigenvalue weighted by Gasteiger charge is -2.13. The Morgan fingerprint density at radius 2 is 2.07 bits per heavy atom. The molecule has 0 aliphatic heterocycles. The SMILES string of the molecule is C/C=C\C=C(/C)C1=C(COc2ccc(CCC(=O)O)cc2C)CC(F)(F)C1. The van der Waals surface area contributed by atoms with Gasteiger partial charge >= 0.3 is 5.97 Å². The first-order valence-corrected chi connectivity index (χ1v) is 9.04. The van der Waals surface area contributed by atoms with Crippen LogP contribution in [0.1, 0.15) is 44.2 Å². The van der Waals surface area contributed by atoms with E-state index >= 15 is 0 Å². The van der Waals surface area contributed by atoms with Crippen molar-refractivity contribution in [1.29, 1.82) is 0 Å². The number of carboxylic acid groups (broad SMARTS) is 1. The van der Waals surface area contributed by atoms with Gasteiger partial charge in [-0.15, -0.1) is 0 Å². The van der Waals surface area contributed by atoms with Crippen LogP contribution in [0.4, 0.5) is 8.78 Å². The van der Waals surface area contributed by atoms with Gasteiger partial charge in [-0.2, -0.15) is 0 Å². The fraction of sp³-hybridized carbons (Fsp3) is 0.409. The van der Waals surface area contributed by atoms with Crippen molar-refractivity contribution in [2.45, 2.75) is 52.4 Å². The highest BCUT2D eigenvalue weighted by molar-refractivity contribution is 5.67. The molecule has 1 aromatic carbocycles. The number of aliphatic carboxylic acids is 1. The van der Waals surface area contributed by atoms with E-state index in [0.717, 1.165) is 16.7 Å². The highest BCUT2D eigenvalue weighted by atomic mass is 19.3. The molecule has 3 nitrogen and oxygen atoms in total. The van der Waals surface area contributed by atoms with Gasteiger partial charge in [0, 0.05) is 19.3 Å². The monoisotopic (exact) mass is 376 g/mol. The van der Waals surface area contributed by atoms with Crippen LogP contribution in [-0.2, 0) is 11.2 Å². The van der Waals surface area contributed by atoms with Crippen molar-refractivity contribution in [3.63, 3.8) is 0 Å². The first kappa shape index (κ1) is 20.9. The van der Waals surface area contributed by atoms with E-state index in [1.807, 2.05) is 51.1 Å². The maximum absolute atomic E-state index is 13.9. The summed E-state index contributed by atoms with van der Waals surface area (Å²) in [5.74, 6) is -2.93. The minimum absolute atomic E-state index is 0.0722. The molecule has 0 heterocycles. The number of rotatable bonds is 8. The molecular weight excluding hydrogens is 350 g/mol. The third kappa shape index (κ3) is 6.05. The van der Waals surface area contributed by atoms with Gasteiger partial charge in [-0.25, -0.2) is 8.78 Å². The zero-order valence-corrected chi connectivity index (χ0v) is 16.0. The second kappa shape index (κ2) is 8.98. The maximum atomic E-state index is 13.9. The predicted octanol–water partition coefficient (Wildman–Crippen LogP) is 5.64. The van der Waals surface area contributed by atoms with Crippen LogP contribution in [0, 0.1) is 6.92 Å². The number of halogens is 2. The van der Waals surface area contributed by atoms with Crippen molar-refractivity contribution < 1.29 is 23.4 Å². The Bertz CT molecular complexity index is 789. The summed E-state index contributed by atoms with van der Waals surface area (Å²) in [5, 5.41) is 8.77. The molecule has 1 aliphatic carbocycles. The van der Waals surface area contributed by atoms with Gasteiger partial charge in [-0.1, -0.05) is 30.4 Å². The van der Waals surface area contributed by atoms with Crippen LogP contribution in [0.3, 0.4) is 0 Å². The Hall–Kier alpha value is -2.43. The van der Waals surface area contributed by atoms with Crippen molar-refractivity contribution in [3.05, 3.63) is 64.3 Å². The van der Waals surface area contributed by atoms with Gasteiger partial charge in [-0.05, 0) is 61.1 Å². The number of allylic oxidation sites excluding steroid dienone is 5. The summed E-state index contributed by atoms with van der Waals surface area (Å²) in [5.41, 5.74) is 3.93. The summed E-state index contributed by atoms with van der Waals surface area (Å²) < 4.78 is 33.7. The molecule has 0 fully saturated rings. The molecule has 5 heteroatoms. The van der Waals surface area contributed by atoms with E-state index in [-0.39, 0.29) is 25.9 Å². The van der Waals surface area contributed by atoms with Crippen molar-refractivity contribution in [2.24, 2.45) is 0 Å². The van der Waals surface area contributed by atoms with E-state index in [4.69, 9.17) is 9.84 Å². The highest BCUT2D eigenvalue weighted by Crippen LogP contribution is 2.42. The Morgan fingerprint density at radius 3 is 2.70 bits per heavy atom. The number of aryl methyl sites for hydroxylation is 2. The molecule has 0 saturated carbocycles. The van der Waals surface area contributed by atoms with Crippen LogP contribution >= 0.6 is 0 Å². The van der Waals surface area contributed by atoms with Crippen LogP contribution in [0.25, 0.3) is 0 Å². The van der Waals surface area contributed by atoms with E-state index in [2.05, 4.69) is 0 Å². The largest absolute Gasteiger partial charge is 0.489 e. The zero-order valence-electron chi connectivity index (χ0n) is 16.0. The number of benzene rings is 1. The van der Waals surface area contributed by atoms with E-state index in [1.54, 1.807) is 6.07 Å². The molecule has 1 N–H and O–H groups in total. The minimum atomic E-state index is -2.73. The number of hydrogen-bond acceptors (Lipinski definition) is 2. The average Bonchev–Trinajstić information content (AvgIpc) is 2.91. The van der Waals surface area contributed by atoms with Crippen LogP contribution in [0.15, 0.2) is 53.1 Å². The normalized spacial score (nSPS) is 17.0. The number of ether oxygens (including phenoxy) is 1. The molecule has 0 saturated heterocycles. The topological polar surface area (TPSA) is 46.5 Å². The predicted molar refractivity (Wildman–Crippen MR) is 102 cm³/mol. The van der Waals surface area contributed by atoms with Gasteiger partial charge in [0.2, 0.25) is 0 Å². The van der Waals surface area contributed by atoms with E-state index in [1.165, 1.54) is 0 Å². The number of hydrogen-bond donors (Lipinski definition) is 1. The fourth-order valence-corrected chi connectivity index (χ4v) is 3.21. The van der Waals surface area contributed by atoms with Crippen LogP contribution in [-0.4, -0.2) is 23.6 Å². The molecule has 0 aromatic heterocycles. The summed E-state index contributed by atoms with van der Waals surface area (Å²) in [6, 6.07) is 5.48. The lowest BCUT2D eigenvalue weighted by atomic mass is 10.0. The van der Waals surface area contributed by atoms with Crippen molar-refractivity contribution in [2.75, 3.05) is 6.61 Å². The van der Waals surface area contributed by atoms with Crippen molar-refractivity contribution >= 4 is 5.97 Å². The molecular formula is C22H26F2O3. The van der Waals surface area contributed by atoms with Crippen LogP contribution in [0.5, 0.6) is 5.75 Å². The standard InChI is InChI=1S/C22H26F2O3/c1-4-5-6-15(2)19-13-22(23,24)12-18(19)14-27-20-9-7-17(11-16(20)3)8-10-21(25)26/h4-7,9,11H,8,10,12-14H2,1-3H3,(H,25,26)/b5-4-,15-6+. The molecule has 146 valence electrons. The zero-order chi connectivity index (χ0) is 20.0. The maximum Gasteiger partial charge on any atom is 0.303 e. The van der Waals surface area contributed by atoms with Crippen LogP contribution in [0.2, 0.25) is 0 Å². The van der Waals surface area contributed by atoms with Crippen LogP contribution < -0.4 is 4.74 Å². The molecule has 0 bridgehead atoms. The first-order valence-electron chi connectivity index (χ1n) is 9.04. The minimum Gasteiger partial charge on any atom is -0.489 e. The van der Waals surface area contributed by atoms with Gasteiger partial charge in [0.1, 0.15) is 12.4 Å². The van der Waals surface area contributed by atoms with Gasteiger partial charge in [0.25, 0.3) is 5.92 Å². The molecule has 0 atom stereocenters. The molecule has 2 rings (SSSR count). The fourth-order valence-electron chi connectivity index (χ4n) is 3.21. The van der Waals surface area contributed by atoms with Crippen molar-refractivity contribution in [1.82, 2.24) is 0 Å². The summed E-state index contributed by atoms with van der Waals surface area (Å²) in [4.78, 5) is 10.7. The Morgan fingerprint density at radius 1 is 1.33 bits per heavy atom. The first-order chi connectivity index (χ1) is 12.7. The third-order valence-electron chi connectivity index (χ3n) is 4.62. The van der Waals surface area contributed by atoms with Gasteiger partial charge in [0.05, 0.1) is 0 Å². The lowest BCUT2D eigenvalue weighted by molar-refractivity contribution is -0.136. The van der Waals surface area contributed by atoms with Gasteiger partial charge in [0.15, 0.2) is 0 Å². The highest BCUT2D eigenvalue weighted by Gasteiger charge is 2.39. The summed E-state index contributed by atoms with van der Waals surface area (Å²) in [6.45, 7) is 5.73. The Kier molecular flexibility index (Phi) is 6.94. The van der Waals surface area contributed by atoms with Gasteiger partial charge < -0.3 is 9.84 Å². The summed E-state index contributed by atoms with van der Waals surface area (Å²) in [6.07, 6.45) is 5.55.